The first-order valence-electron chi connectivity index (χ1n) is 13.1. The molecule has 1 aliphatic carbocycles. The average Bonchev–Trinajstić information content (AvgIpc) is 3.41. The lowest BCUT2D eigenvalue weighted by atomic mass is 9.78. The van der Waals surface area contributed by atoms with Gasteiger partial charge in [0.1, 0.15) is 11.4 Å². The second-order valence-electron chi connectivity index (χ2n) is 10.2. The molecule has 7 nitrogen and oxygen atoms in total. The van der Waals surface area contributed by atoms with E-state index >= 15 is 0 Å². The molecule has 0 aliphatic heterocycles. The molecule has 1 aliphatic rings. The van der Waals surface area contributed by atoms with E-state index in [0.717, 1.165) is 40.6 Å². The number of carbonyl (C=O) groups excluding carboxylic acids is 2. The number of anilines is 1. The predicted molar refractivity (Wildman–Crippen MR) is 152 cm³/mol. The van der Waals surface area contributed by atoms with Gasteiger partial charge in [0.15, 0.2) is 0 Å². The third kappa shape index (κ3) is 6.45. The van der Waals surface area contributed by atoms with Crippen LogP contribution in [0.1, 0.15) is 52.9 Å². The Morgan fingerprint density at radius 1 is 1.03 bits per heavy atom. The number of amides is 2. The number of hydrogen-bond acceptors (Lipinski definition) is 6. The summed E-state index contributed by atoms with van der Waals surface area (Å²) in [6, 6.07) is 22.0. The Balaban J connectivity index is 1.11. The lowest BCUT2D eigenvalue weighted by molar-refractivity contribution is -0.585. The van der Waals surface area contributed by atoms with Crippen molar-refractivity contribution in [2.24, 2.45) is 5.73 Å². The van der Waals surface area contributed by atoms with Crippen LogP contribution in [0.2, 0.25) is 0 Å². The lowest BCUT2D eigenvalue weighted by Crippen LogP contribution is -2.87. The number of thiophene rings is 1. The fourth-order valence-electron chi connectivity index (χ4n) is 5.15. The molecule has 0 bridgehead atoms. The van der Waals surface area contributed by atoms with Crippen molar-refractivity contribution in [1.29, 1.82) is 0 Å². The largest absolute Gasteiger partial charge is 0.380 e. The quantitative estimate of drug-likeness (QED) is 0.263. The molecule has 0 spiro atoms. The van der Waals surface area contributed by atoms with Gasteiger partial charge < -0.3 is 16.4 Å². The molecule has 2 aromatic heterocycles. The number of aromatic nitrogens is 1. The zero-order chi connectivity index (χ0) is 26.4. The summed E-state index contributed by atoms with van der Waals surface area (Å²) in [5.41, 5.74) is 10.1. The third-order valence-electron chi connectivity index (χ3n) is 7.33. The van der Waals surface area contributed by atoms with Crippen LogP contribution >= 0.6 is 11.3 Å². The number of quaternary nitrogens is 1. The van der Waals surface area contributed by atoms with Crippen LogP contribution in [0.4, 0.5) is 5.69 Å². The fourth-order valence-corrected chi connectivity index (χ4v) is 5.93. The van der Waals surface area contributed by atoms with Gasteiger partial charge in [0.2, 0.25) is 0 Å². The Bertz CT molecular complexity index is 1390. The molecule has 196 valence electrons. The number of carbonyl (C=O) groups is 2. The molecule has 38 heavy (non-hydrogen) atoms. The van der Waals surface area contributed by atoms with Crippen molar-refractivity contribution < 1.29 is 14.9 Å². The minimum Gasteiger partial charge on any atom is -0.380 e. The van der Waals surface area contributed by atoms with E-state index in [0.29, 0.717) is 37.2 Å². The number of para-hydroxylation sites is 1. The van der Waals surface area contributed by atoms with E-state index in [2.05, 4.69) is 21.7 Å². The van der Waals surface area contributed by atoms with Gasteiger partial charge in [-0.2, -0.15) is 0 Å². The number of nitrogens with one attached hydrogen (secondary N) is 2. The molecule has 2 amide bonds. The molecule has 5 rings (SSSR count). The van der Waals surface area contributed by atoms with Gasteiger partial charge in [0.25, 0.3) is 5.91 Å². The van der Waals surface area contributed by atoms with Gasteiger partial charge in [-0.15, -0.1) is 11.3 Å². The zero-order valence-corrected chi connectivity index (χ0v) is 22.2. The molecular weight excluding hydrogens is 494 g/mol. The summed E-state index contributed by atoms with van der Waals surface area (Å²) in [4.78, 5) is 30.8. The van der Waals surface area contributed by atoms with E-state index in [9.17, 15) is 9.59 Å². The van der Waals surface area contributed by atoms with Gasteiger partial charge in [0.05, 0.1) is 17.6 Å². The van der Waals surface area contributed by atoms with Crippen LogP contribution in [-0.4, -0.2) is 28.4 Å². The Hall–Kier alpha value is -3.59. The summed E-state index contributed by atoms with van der Waals surface area (Å²) in [5, 5.41) is 11.4. The monoisotopic (exact) mass is 528 g/mol. The van der Waals surface area contributed by atoms with Crippen molar-refractivity contribution in [1.82, 2.24) is 10.3 Å². The minimum absolute atomic E-state index is 0.0571. The highest BCUT2D eigenvalue weighted by Crippen LogP contribution is 2.30. The molecule has 4 aromatic rings. The number of nitrogens with zero attached hydrogens (tertiary/aromatic N) is 1. The molecular formula is C30H34N5O2S+. The third-order valence-corrected chi connectivity index (χ3v) is 8.24. The summed E-state index contributed by atoms with van der Waals surface area (Å²) in [7, 11) is 0. The normalized spacial score (nSPS) is 19.2. The highest BCUT2D eigenvalue weighted by molar-refractivity contribution is 7.12. The number of pyridine rings is 1. The Labute approximate surface area is 226 Å². The van der Waals surface area contributed by atoms with E-state index < -0.39 is 5.54 Å². The first kappa shape index (κ1) is 26.0. The van der Waals surface area contributed by atoms with Crippen LogP contribution in [0.3, 0.4) is 0 Å². The van der Waals surface area contributed by atoms with Crippen molar-refractivity contribution in [3.63, 3.8) is 0 Å². The summed E-state index contributed by atoms with van der Waals surface area (Å²) in [6.45, 7) is 1.23. The van der Waals surface area contributed by atoms with Crippen LogP contribution in [-0.2, 0) is 17.9 Å². The smallest absolute Gasteiger partial charge is 0.312 e. The first-order chi connectivity index (χ1) is 18.5. The topological polar surface area (TPSA) is 114 Å². The standard InChI is InChI=1S/C30H33N5O2S/c31-30(18-27(36)34-19-21-6-2-1-3-7-21)14-10-23(11-15-30)35-29(37)28-26(13-17-38-28)33-20-22-12-16-32-25-9-5-4-8-24(22)25/h1-9,12-13,16-17,23,33H,10-11,14-15,18-20,31H2,(H,34,36)(H,35,37)/p+1. The average molecular weight is 529 g/mol. The van der Waals surface area contributed by atoms with E-state index in [1.165, 1.54) is 11.3 Å². The minimum atomic E-state index is -0.505. The highest BCUT2D eigenvalue weighted by Gasteiger charge is 2.35. The number of rotatable bonds is 9. The molecule has 0 unspecified atom stereocenters. The van der Waals surface area contributed by atoms with E-state index in [1.54, 1.807) is 5.32 Å². The van der Waals surface area contributed by atoms with Crippen LogP contribution in [0, 0.1) is 0 Å². The maximum Gasteiger partial charge on any atom is 0.312 e. The number of hydrogen-bond donors (Lipinski definition) is 4. The summed E-state index contributed by atoms with van der Waals surface area (Å²) < 4.78 is 0. The lowest BCUT2D eigenvalue weighted by Gasteiger charge is -2.36. The molecule has 8 heteroatoms. The first-order valence-corrected chi connectivity index (χ1v) is 14.0. The van der Waals surface area contributed by atoms with Crippen molar-refractivity contribution in [3.05, 3.63) is 94.3 Å². The van der Waals surface area contributed by atoms with Gasteiger partial charge in [-0.05, 0) is 54.8 Å². The Kier molecular flexibility index (Phi) is 8.12. The van der Waals surface area contributed by atoms with E-state index in [-0.39, 0.29) is 17.9 Å². The van der Waals surface area contributed by atoms with Gasteiger partial charge in [-0.3, -0.25) is 15.1 Å². The molecule has 0 saturated heterocycles. The van der Waals surface area contributed by atoms with Crippen molar-refractivity contribution in [3.8, 4) is 0 Å². The second-order valence-corrected chi connectivity index (χ2v) is 11.1. The molecule has 1 fully saturated rings. The Morgan fingerprint density at radius 3 is 2.61 bits per heavy atom. The van der Waals surface area contributed by atoms with E-state index in [1.807, 2.05) is 72.2 Å². The fraction of sp³-hybridized carbons (Fsp3) is 0.300. The number of fused-ring (bicyclic) bond motifs is 1. The van der Waals surface area contributed by atoms with Gasteiger partial charge in [-0.1, -0.05) is 48.5 Å². The summed E-state index contributed by atoms with van der Waals surface area (Å²) in [6.07, 6.45) is 5.14. The summed E-state index contributed by atoms with van der Waals surface area (Å²) >= 11 is 1.44. The van der Waals surface area contributed by atoms with Gasteiger partial charge in [-0.25, -0.2) is 4.79 Å². The highest BCUT2D eigenvalue weighted by atomic mass is 32.1. The van der Waals surface area contributed by atoms with Crippen molar-refractivity contribution in [2.45, 2.75) is 56.8 Å². The van der Waals surface area contributed by atoms with Crippen LogP contribution in [0.25, 0.3) is 10.9 Å². The maximum absolute atomic E-state index is 13.1. The molecule has 1 saturated carbocycles. The SMILES string of the molecule is NC1(CC(=O)[NH2+]Cc2ccccc2)CCC(NC(=O)c2sccc2NCc2ccnc3ccccc23)CC1. The number of nitrogens with two attached hydrogens (primary N) is 2. The molecule has 6 N–H and O–H groups in total. The van der Waals surface area contributed by atoms with Crippen LogP contribution in [0.15, 0.2) is 78.3 Å². The Morgan fingerprint density at radius 2 is 1.79 bits per heavy atom. The predicted octanol–water partition coefficient (Wildman–Crippen LogP) is 3.96. The van der Waals surface area contributed by atoms with Crippen LogP contribution < -0.4 is 21.7 Å². The van der Waals surface area contributed by atoms with Crippen molar-refractivity contribution >= 4 is 39.7 Å². The molecule has 2 heterocycles. The van der Waals surface area contributed by atoms with Crippen LogP contribution in [0.5, 0.6) is 0 Å². The maximum atomic E-state index is 13.1. The van der Waals surface area contributed by atoms with Gasteiger partial charge in [0, 0.05) is 35.3 Å². The van der Waals surface area contributed by atoms with Crippen molar-refractivity contribution in [2.75, 3.05) is 5.32 Å². The number of primary amides is 1. The zero-order valence-electron chi connectivity index (χ0n) is 21.4. The summed E-state index contributed by atoms with van der Waals surface area (Å²) in [5.74, 6) is 0.0268. The van der Waals surface area contributed by atoms with E-state index in [4.69, 9.17) is 5.73 Å². The number of benzene rings is 2. The van der Waals surface area contributed by atoms with Gasteiger partial charge >= 0.3 is 5.91 Å². The second kappa shape index (κ2) is 11.9. The molecule has 0 radical (unpaired) electrons. The molecule has 0 atom stereocenters. The molecule has 2 aromatic carbocycles.